The quantitative estimate of drug-likeness (QED) is 0.705. The highest BCUT2D eigenvalue weighted by Crippen LogP contribution is 2.26. The summed E-state index contributed by atoms with van der Waals surface area (Å²) >= 11 is 0. The normalized spacial score (nSPS) is 13.4. The zero-order valence-corrected chi connectivity index (χ0v) is 12.2. The van der Waals surface area contributed by atoms with Gasteiger partial charge >= 0.3 is 0 Å². The van der Waals surface area contributed by atoms with E-state index in [1.165, 1.54) is 0 Å². The maximum absolute atomic E-state index is 10.3. The molecule has 1 atom stereocenters. The van der Waals surface area contributed by atoms with Crippen molar-refractivity contribution < 1.29 is 14.9 Å². The molecule has 0 radical (unpaired) electrons. The molecule has 0 aliphatic rings. The van der Waals surface area contributed by atoms with Crippen LogP contribution in [0.15, 0.2) is 18.2 Å². The van der Waals surface area contributed by atoms with Crippen LogP contribution in [-0.2, 0) is 0 Å². The van der Waals surface area contributed by atoms with Gasteiger partial charge < -0.3 is 20.3 Å². The van der Waals surface area contributed by atoms with Gasteiger partial charge in [-0.05, 0) is 39.8 Å². The number of hydrogen-bond acceptors (Lipinski definition) is 4. The molecule has 0 fully saturated rings. The molecule has 1 rings (SSSR count). The molecule has 4 heteroatoms. The third-order valence-corrected chi connectivity index (χ3v) is 2.99. The zero-order valence-electron chi connectivity index (χ0n) is 12.2. The Kier molecular flexibility index (Phi) is 5.79. The zero-order chi connectivity index (χ0) is 14.5. The van der Waals surface area contributed by atoms with Crippen molar-refractivity contribution in [3.63, 3.8) is 0 Å². The number of aryl methyl sites for hydroxylation is 1. The van der Waals surface area contributed by atoms with Crippen molar-refractivity contribution in [1.82, 2.24) is 5.32 Å². The average molecular weight is 267 g/mol. The predicted octanol–water partition coefficient (Wildman–Crippen LogP) is 1.79. The van der Waals surface area contributed by atoms with Gasteiger partial charge in [-0.1, -0.05) is 11.6 Å². The van der Waals surface area contributed by atoms with Gasteiger partial charge in [-0.3, -0.25) is 0 Å². The van der Waals surface area contributed by atoms with Gasteiger partial charge in [-0.2, -0.15) is 0 Å². The van der Waals surface area contributed by atoms with E-state index >= 15 is 0 Å². The first-order valence-electron chi connectivity index (χ1n) is 6.67. The number of rotatable bonds is 7. The molecule has 1 aromatic carbocycles. The van der Waals surface area contributed by atoms with E-state index in [1.54, 1.807) is 0 Å². The van der Waals surface area contributed by atoms with Gasteiger partial charge in [0.05, 0.1) is 19.3 Å². The summed E-state index contributed by atoms with van der Waals surface area (Å²) < 4.78 is 5.53. The van der Waals surface area contributed by atoms with Crippen molar-refractivity contribution >= 4 is 0 Å². The van der Waals surface area contributed by atoms with Gasteiger partial charge in [0.15, 0.2) is 0 Å². The van der Waals surface area contributed by atoms with Crippen LogP contribution in [0.3, 0.4) is 0 Å². The van der Waals surface area contributed by atoms with E-state index in [2.05, 4.69) is 5.32 Å². The van der Waals surface area contributed by atoms with Crippen LogP contribution in [0.2, 0.25) is 0 Å². The van der Waals surface area contributed by atoms with Gasteiger partial charge in [0.25, 0.3) is 0 Å². The van der Waals surface area contributed by atoms with Crippen molar-refractivity contribution in [2.24, 2.45) is 0 Å². The largest absolute Gasteiger partial charge is 0.493 e. The fraction of sp³-hybridized carbons (Fsp3) is 0.600. The molecule has 108 valence electrons. The molecule has 0 bridgehead atoms. The summed E-state index contributed by atoms with van der Waals surface area (Å²) in [6, 6.07) is 5.78. The highest BCUT2D eigenvalue weighted by atomic mass is 16.5. The third-order valence-electron chi connectivity index (χ3n) is 2.99. The SMILES string of the molecule is CCOc1ccc(C)cc1C(O)CNC(C)(C)CO. The topological polar surface area (TPSA) is 61.7 Å². The van der Waals surface area contributed by atoms with E-state index in [0.29, 0.717) is 18.9 Å². The van der Waals surface area contributed by atoms with E-state index in [0.717, 1.165) is 11.1 Å². The lowest BCUT2D eigenvalue weighted by atomic mass is 10.0. The number of β-amino-alcohol motifs (C(OH)–C–C–N with tert-alkyl or cyclic N) is 1. The summed E-state index contributed by atoms with van der Waals surface area (Å²) in [5.41, 5.74) is 1.46. The van der Waals surface area contributed by atoms with Gasteiger partial charge in [0, 0.05) is 17.6 Å². The predicted molar refractivity (Wildman–Crippen MR) is 76.5 cm³/mol. The molecule has 0 spiro atoms. The summed E-state index contributed by atoms with van der Waals surface area (Å²) in [5.74, 6) is 0.712. The molecule has 1 aromatic rings. The first-order chi connectivity index (χ1) is 8.89. The van der Waals surface area contributed by atoms with E-state index in [9.17, 15) is 10.2 Å². The number of ether oxygens (including phenoxy) is 1. The lowest BCUT2D eigenvalue weighted by Crippen LogP contribution is -2.44. The maximum atomic E-state index is 10.3. The molecular formula is C15H25NO3. The molecular weight excluding hydrogens is 242 g/mol. The van der Waals surface area contributed by atoms with E-state index in [-0.39, 0.29) is 6.61 Å². The van der Waals surface area contributed by atoms with Crippen molar-refractivity contribution in [2.75, 3.05) is 19.8 Å². The Bertz CT molecular complexity index is 404. The first kappa shape index (κ1) is 16.0. The second-order valence-corrected chi connectivity index (χ2v) is 5.41. The van der Waals surface area contributed by atoms with Gasteiger partial charge in [0.2, 0.25) is 0 Å². The van der Waals surface area contributed by atoms with Crippen LogP contribution in [0, 0.1) is 6.92 Å². The molecule has 3 N–H and O–H groups in total. The lowest BCUT2D eigenvalue weighted by Gasteiger charge is -2.26. The summed E-state index contributed by atoms with van der Waals surface area (Å²) in [6.07, 6.45) is -0.660. The number of hydrogen-bond donors (Lipinski definition) is 3. The molecule has 0 saturated heterocycles. The smallest absolute Gasteiger partial charge is 0.125 e. The Morgan fingerprint density at radius 1 is 1.37 bits per heavy atom. The minimum Gasteiger partial charge on any atom is -0.493 e. The summed E-state index contributed by atoms with van der Waals surface area (Å²) in [7, 11) is 0. The Labute approximate surface area is 115 Å². The van der Waals surface area contributed by atoms with Crippen LogP contribution in [-0.4, -0.2) is 35.5 Å². The van der Waals surface area contributed by atoms with Gasteiger partial charge in [-0.25, -0.2) is 0 Å². The van der Waals surface area contributed by atoms with Crippen molar-refractivity contribution in [1.29, 1.82) is 0 Å². The highest BCUT2D eigenvalue weighted by molar-refractivity contribution is 5.38. The standard InChI is InChI=1S/C15H25NO3/c1-5-19-14-7-6-11(2)8-12(14)13(18)9-16-15(3,4)10-17/h6-8,13,16-18H,5,9-10H2,1-4H3. The van der Waals surface area contributed by atoms with Crippen molar-refractivity contribution in [2.45, 2.75) is 39.3 Å². The monoisotopic (exact) mass is 267 g/mol. The summed E-state index contributed by atoms with van der Waals surface area (Å²) in [5, 5.41) is 22.6. The fourth-order valence-corrected chi connectivity index (χ4v) is 1.75. The Balaban J connectivity index is 2.80. The molecule has 4 nitrogen and oxygen atoms in total. The van der Waals surface area contributed by atoms with Crippen LogP contribution in [0.5, 0.6) is 5.75 Å². The van der Waals surface area contributed by atoms with Crippen LogP contribution in [0.1, 0.15) is 38.0 Å². The van der Waals surface area contributed by atoms with Crippen molar-refractivity contribution in [3.05, 3.63) is 29.3 Å². The minimum absolute atomic E-state index is 0.0197. The molecule has 19 heavy (non-hydrogen) atoms. The first-order valence-corrected chi connectivity index (χ1v) is 6.67. The summed E-state index contributed by atoms with van der Waals surface area (Å²) in [4.78, 5) is 0. The molecule has 0 aromatic heterocycles. The van der Waals surface area contributed by atoms with E-state index in [1.807, 2.05) is 45.9 Å². The second-order valence-electron chi connectivity index (χ2n) is 5.41. The highest BCUT2D eigenvalue weighted by Gasteiger charge is 2.19. The van der Waals surface area contributed by atoms with Crippen molar-refractivity contribution in [3.8, 4) is 5.75 Å². The summed E-state index contributed by atoms with van der Waals surface area (Å²) in [6.45, 7) is 8.64. The average Bonchev–Trinajstić information content (AvgIpc) is 2.38. The number of nitrogens with one attached hydrogen (secondary N) is 1. The minimum atomic E-state index is -0.660. The fourth-order valence-electron chi connectivity index (χ4n) is 1.75. The molecule has 1 unspecified atom stereocenters. The van der Waals surface area contributed by atoms with Crippen LogP contribution in [0.4, 0.5) is 0 Å². The lowest BCUT2D eigenvalue weighted by molar-refractivity contribution is 0.133. The van der Waals surface area contributed by atoms with E-state index < -0.39 is 11.6 Å². The Hall–Kier alpha value is -1.10. The number of benzene rings is 1. The maximum Gasteiger partial charge on any atom is 0.125 e. The molecule has 0 heterocycles. The van der Waals surface area contributed by atoms with Gasteiger partial charge in [-0.15, -0.1) is 0 Å². The molecule has 0 amide bonds. The Morgan fingerprint density at radius 2 is 2.05 bits per heavy atom. The Morgan fingerprint density at radius 3 is 2.63 bits per heavy atom. The second kappa shape index (κ2) is 6.89. The van der Waals surface area contributed by atoms with Crippen LogP contribution >= 0.6 is 0 Å². The van der Waals surface area contributed by atoms with E-state index in [4.69, 9.17) is 4.74 Å². The molecule has 0 aliphatic heterocycles. The molecule has 0 aliphatic carbocycles. The van der Waals surface area contributed by atoms with Crippen LogP contribution < -0.4 is 10.1 Å². The molecule has 0 saturated carbocycles. The number of aliphatic hydroxyl groups is 2. The van der Waals surface area contributed by atoms with Gasteiger partial charge in [0.1, 0.15) is 5.75 Å². The van der Waals surface area contributed by atoms with Crippen LogP contribution in [0.25, 0.3) is 0 Å². The number of aliphatic hydroxyl groups excluding tert-OH is 2. The third kappa shape index (κ3) is 4.82.